The van der Waals surface area contributed by atoms with Gasteiger partial charge in [0, 0.05) is 0 Å². The second-order valence-corrected chi connectivity index (χ2v) is 8.29. The zero-order valence-corrected chi connectivity index (χ0v) is 17.7. The molecule has 0 saturated carbocycles. The lowest BCUT2D eigenvalue weighted by molar-refractivity contribution is 0.397. The Bertz CT molecular complexity index is 1120. The highest BCUT2D eigenvalue weighted by Gasteiger charge is 2.20. The summed E-state index contributed by atoms with van der Waals surface area (Å²) in [5.41, 5.74) is 3.99. The Labute approximate surface area is 167 Å². The summed E-state index contributed by atoms with van der Waals surface area (Å²) in [7, 11) is 1.36. The van der Waals surface area contributed by atoms with Gasteiger partial charge in [-0.25, -0.2) is 0 Å². The summed E-state index contributed by atoms with van der Waals surface area (Å²) in [4.78, 5) is -0.153. The van der Waals surface area contributed by atoms with E-state index in [4.69, 9.17) is 9.47 Å². The molecule has 28 heavy (non-hydrogen) atoms. The first kappa shape index (κ1) is 20.3. The average Bonchev–Trinajstić information content (AvgIpc) is 2.68. The first-order valence-electron chi connectivity index (χ1n) is 8.46. The topological polar surface area (TPSA) is 72.8 Å². The summed E-state index contributed by atoms with van der Waals surface area (Å²) in [5, 5.41) is 0.687. The molecule has 7 heteroatoms. The molecule has 146 valence electrons. The van der Waals surface area contributed by atoms with Crippen LogP contribution in [-0.4, -0.2) is 27.2 Å². The second-order valence-electron chi connectivity index (χ2n) is 6.24. The number of benzene rings is 3. The maximum Gasteiger partial charge on any atom is 0.294 e. The summed E-state index contributed by atoms with van der Waals surface area (Å²) in [6, 6.07) is 16.1. The van der Waals surface area contributed by atoms with Gasteiger partial charge in [0.1, 0.15) is 11.5 Å². The van der Waals surface area contributed by atoms with Crippen molar-refractivity contribution in [3.63, 3.8) is 0 Å². The van der Waals surface area contributed by atoms with Crippen LogP contribution in [0.5, 0.6) is 11.5 Å². The zero-order valence-electron chi connectivity index (χ0n) is 15.8. The third-order valence-corrected chi connectivity index (χ3v) is 6.06. The molecule has 1 N–H and O–H groups in total. The smallest absolute Gasteiger partial charge is 0.294 e. The summed E-state index contributed by atoms with van der Waals surface area (Å²) < 4.78 is 44.1. The molecule has 0 bridgehead atoms. The van der Waals surface area contributed by atoms with E-state index in [1.807, 2.05) is 49.4 Å². The van der Waals surface area contributed by atoms with E-state index >= 15 is 0 Å². The van der Waals surface area contributed by atoms with E-state index in [1.54, 1.807) is 14.2 Å². The third kappa shape index (κ3) is 3.76. The Balaban J connectivity index is 2.37. The van der Waals surface area contributed by atoms with Crippen LogP contribution >= 0.6 is 9.24 Å². The fourth-order valence-electron chi connectivity index (χ4n) is 3.19. The molecule has 1 unspecified atom stereocenters. The Morgan fingerprint density at radius 1 is 0.857 bits per heavy atom. The zero-order chi connectivity index (χ0) is 20.5. The van der Waals surface area contributed by atoms with Crippen molar-refractivity contribution in [3.8, 4) is 33.8 Å². The molecule has 3 aromatic rings. The van der Waals surface area contributed by atoms with Gasteiger partial charge in [0.25, 0.3) is 10.1 Å². The van der Waals surface area contributed by atoms with Crippen molar-refractivity contribution in [3.05, 3.63) is 60.2 Å². The van der Waals surface area contributed by atoms with Gasteiger partial charge < -0.3 is 9.47 Å². The quantitative estimate of drug-likeness (QED) is 0.501. The highest BCUT2D eigenvalue weighted by Crippen LogP contribution is 2.43. The van der Waals surface area contributed by atoms with Crippen molar-refractivity contribution in [2.45, 2.75) is 11.8 Å². The van der Waals surface area contributed by atoms with Gasteiger partial charge >= 0.3 is 0 Å². The number of hydrogen-bond donors (Lipinski definition) is 1. The summed E-state index contributed by atoms with van der Waals surface area (Å²) in [5.74, 6) is 1.28. The lowest BCUT2D eigenvalue weighted by Gasteiger charge is -2.18. The van der Waals surface area contributed by atoms with Gasteiger partial charge in [0.15, 0.2) is 0 Å². The van der Waals surface area contributed by atoms with Crippen LogP contribution in [0.15, 0.2) is 59.5 Å². The number of methoxy groups -OCH3 is 2. The predicted octanol–water partition coefficient (Wildman–Crippen LogP) is 4.09. The molecule has 0 amide bonds. The largest absolute Gasteiger partial charge is 0.496 e. The molecule has 0 radical (unpaired) electrons. The number of ether oxygens (including phenoxy) is 2. The van der Waals surface area contributed by atoms with Gasteiger partial charge in [-0.05, 0) is 58.7 Å². The average molecular weight is 416 g/mol. The fourth-order valence-corrected chi connectivity index (χ4v) is 4.19. The summed E-state index contributed by atoms with van der Waals surface area (Å²) in [6.45, 7) is 1.90. The van der Waals surface area contributed by atoms with Crippen molar-refractivity contribution >= 4 is 24.7 Å². The highest BCUT2D eigenvalue weighted by molar-refractivity contribution is 7.85. The van der Waals surface area contributed by atoms with Crippen molar-refractivity contribution < 1.29 is 22.4 Å². The number of hydrogen-bond acceptors (Lipinski definition) is 4. The van der Waals surface area contributed by atoms with Crippen LogP contribution in [-0.2, 0) is 10.1 Å². The Morgan fingerprint density at radius 3 is 1.96 bits per heavy atom. The molecule has 0 spiro atoms. The molecule has 0 fully saturated rings. The van der Waals surface area contributed by atoms with Crippen molar-refractivity contribution in [1.82, 2.24) is 0 Å². The minimum Gasteiger partial charge on any atom is -0.496 e. The van der Waals surface area contributed by atoms with Gasteiger partial charge in [-0.1, -0.05) is 30.3 Å². The molecular weight excluding hydrogens is 395 g/mol. The molecule has 0 aliphatic carbocycles. The van der Waals surface area contributed by atoms with Crippen LogP contribution in [0.3, 0.4) is 0 Å². The van der Waals surface area contributed by atoms with Crippen molar-refractivity contribution in [1.29, 1.82) is 0 Å². The molecule has 5 nitrogen and oxygen atoms in total. The normalized spacial score (nSPS) is 11.3. The first-order valence-corrected chi connectivity index (χ1v) is 10.5. The molecule has 0 heterocycles. The fraction of sp³-hybridized carbons (Fsp3) is 0.143. The Kier molecular flexibility index (Phi) is 5.75. The van der Waals surface area contributed by atoms with E-state index in [0.717, 1.165) is 22.3 Å². The van der Waals surface area contributed by atoms with Gasteiger partial charge in [-0.3, -0.25) is 4.55 Å². The molecule has 3 aromatic carbocycles. The monoisotopic (exact) mass is 416 g/mol. The van der Waals surface area contributed by atoms with E-state index in [-0.39, 0.29) is 4.90 Å². The lowest BCUT2D eigenvalue weighted by Crippen LogP contribution is -2.07. The first-order chi connectivity index (χ1) is 13.3. The van der Waals surface area contributed by atoms with Crippen molar-refractivity contribution in [2.75, 3.05) is 14.2 Å². The SMILES string of the molecule is COc1cccc(OC)c1-c1ccccc1-c1cc(S(=O)(=O)O)cc(P)c1C. The molecule has 0 aliphatic heterocycles. The van der Waals surface area contributed by atoms with Gasteiger partial charge in [0.2, 0.25) is 0 Å². The third-order valence-electron chi connectivity index (χ3n) is 4.63. The van der Waals surface area contributed by atoms with Crippen LogP contribution in [0.1, 0.15) is 5.56 Å². The van der Waals surface area contributed by atoms with E-state index in [2.05, 4.69) is 9.24 Å². The minimum atomic E-state index is -4.34. The minimum absolute atomic E-state index is 0.153. The van der Waals surface area contributed by atoms with Crippen LogP contribution in [0.25, 0.3) is 22.3 Å². The standard InChI is InChI=1S/C21H21O5PS/c1-13-17(11-14(12-20(13)27)28(22,23)24)15-7-4-5-8-16(15)21-18(25-2)9-6-10-19(21)26-3/h4-12H,27H2,1-3H3,(H,22,23,24). The predicted molar refractivity (Wildman–Crippen MR) is 114 cm³/mol. The maximum atomic E-state index is 11.7. The van der Waals surface area contributed by atoms with Gasteiger partial charge in [0.05, 0.1) is 24.7 Å². The van der Waals surface area contributed by atoms with Crippen LogP contribution < -0.4 is 14.8 Å². The highest BCUT2D eigenvalue weighted by atomic mass is 32.2. The molecule has 0 aliphatic rings. The second kappa shape index (κ2) is 7.92. The number of rotatable bonds is 5. The van der Waals surface area contributed by atoms with Crippen LogP contribution in [0.4, 0.5) is 0 Å². The molecule has 0 aromatic heterocycles. The molecule has 3 rings (SSSR count). The van der Waals surface area contributed by atoms with E-state index in [1.165, 1.54) is 12.1 Å². The lowest BCUT2D eigenvalue weighted by atomic mass is 9.91. The van der Waals surface area contributed by atoms with Crippen LogP contribution in [0.2, 0.25) is 0 Å². The maximum absolute atomic E-state index is 11.7. The Morgan fingerprint density at radius 2 is 1.43 bits per heavy atom. The van der Waals surface area contributed by atoms with Crippen molar-refractivity contribution in [2.24, 2.45) is 0 Å². The molecule has 1 atom stereocenters. The Hall–Kier alpha value is -2.40. The van der Waals surface area contributed by atoms with E-state index < -0.39 is 10.1 Å². The van der Waals surface area contributed by atoms with Gasteiger partial charge in [-0.2, -0.15) is 8.42 Å². The van der Waals surface area contributed by atoms with Crippen LogP contribution in [0, 0.1) is 6.92 Å². The summed E-state index contributed by atoms with van der Waals surface area (Å²) in [6.07, 6.45) is 0. The summed E-state index contributed by atoms with van der Waals surface area (Å²) >= 11 is 0. The van der Waals surface area contributed by atoms with Gasteiger partial charge in [-0.15, -0.1) is 9.24 Å². The molecule has 0 saturated heterocycles. The molecular formula is C21H21O5PS. The van der Waals surface area contributed by atoms with E-state index in [0.29, 0.717) is 22.4 Å². The van der Waals surface area contributed by atoms with E-state index in [9.17, 15) is 13.0 Å².